The van der Waals surface area contributed by atoms with Crippen LogP contribution in [0.4, 0.5) is 0 Å². The van der Waals surface area contributed by atoms with E-state index in [2.05, 4.69) is 5.32 Å². The monoisotopic (exact) mass is 567 g/mol. The molecule has 1 amide bonds. The first-order valence-corrected chi connectivity index (χ1v) is 10.6. The van der Waals surface area contributed by atoms with Gasteiger partial charge in [0.05, 0.1) is 38.5 Å². The molecule has 0 spiro atoms. The first kappa shape index (κ1) is 40.9. The molecule has 18 heteroatoms. The molecule has 18 nitrogen and oxygen atoms in total. The third-order valence-corrected chi connectivity index (χ3v) is 5.50. The van der Waals surface area contributed by atoms with E-state index in [1.165, 1.54) is 21.1 Å². The van der Waals surface area contributed by atoms with Gasteiger partial charge in [0.25, 0.3) is 6.47 Å². The molecule has 0 saturated carbocycles. The lowest BCUT2D eigenvalue weighted by Crippen LogP contribution is -2.70. The van der Waals surface area contributed by atoms with Crippen LogP contribution in [0, 0.1) is 7.43 Å². The van der Waals surface area contributed by atoms with Crippen molar-refractivity contribution >= 4 is 12.4 Å². The van der Waals surface area contributed by atoms with E-state index in [9.17, 15) is 25.2 Å². The molecule has 0 radical (unpaired) electrons. The molecule has 0 aromatic rings. The van der Waals surface area contributed by atoms with Crippen LogP contribution in [0.5, 0.6) is 0 Å². The molecule has 2 fully saturated rings. The number of carboxylic acid groups (broad SMARTS) is 1. The number of rotatable bonds is 7. The second-order valence-corrected chi connectivity index (χ2v) is 7.89. The Morgan fingerprint density at radius 3 is 1.63 bits per heavy atom. The normalized spacial score (nSPS) is 38.0. The number of aliphatic hydroxyl groups is 8. The minimum Gasteiger partial charge on any atom is -0.483 e. The average Bonchev–Trinajstić information content (AvgIpc) is 2.84. The summed E-state index contributed by atoms with van der Waals surface area (Å²) >= 11 is 0. The third-order valence-electron chi connectivity index (χ3n) is 5.50. The number of ether oxygens (including phenoxy) is 4. The van der Waals surface area contributed by atoms with Crippen LogP contribution in [0.15, 0.2) is 0 Å². The lowest BCUT2D eigenvalue weighted by molar-refractivity contribution is -0.346. The third kappa shape index (κ3) is 9.84. The number of amides is 1. The minimum atomic E-state index is -2.13. The molecule has 2 rings (SSSR count). The van der Waals surface area contributed by atoms with Crippen molar-refractivity contribution in [2.75, 3.05) is 40.6 Å². The first-order valence-electron chi connectivity index (χ1n) is 10.6. The molecule has 0 bridgehead atoms. The zero-order chi connectivity index (χ0) is 28.3. The summed E-state index contributed by atoms with van der Waals surface area (Å²) in [6.07, 6.45) is -6.95. The van der Waals surface area contributed by atoms with Crippen LogP contribution >= 0.6 is 0 Å². The fourth-order valence-corrected chi connectivity index (χ4v) is 3.80. The van der Waals surface area contributed by atoms with E-state index in [-0.39, 0.29) is 19.4 Å². The SMILES string of the molecule is COC1C(O)C(N)C(CO)OC1(O)CO.COC1C(O)C(NC(C)=O)C(CO)OC1(O)CO.O.O=CO.[CH3-]. The van der Waals surface area contributed by atoms with Crippen molar-refractivity contribution in [3.05, 3.63) is 7.43 Å². The van der Waals surface area contributed by atoms with Crippen molar-refractivity contribution in [3.8, 4) is 0 Å². The highest BCUT2D eigenvalue weighted by Gasteiger charge is 2.54. The second-order valence-electron chi connectivity index (χ2n) is 7.89. The number of hydrogen-bond donors (Lipinski definition) is 11. The van der Waals surface area contributed by atoms with Crippen LogP contribution in [0.2, 0.25) is 0 Å². The van der Waals surface area contributed by atoms with E-state index in [1.54, 1.807) is 0 Å². The van der Waals surface area contributed by atoms with Gasteiger partial charge in [-0.15, -0.1) is 0 Å². The van der Waals surface area contributed by atoms with Crippen LogP contribution < -0.4 is 11.1 Å². The molecular formula is C20H43N2O16-. The summed E-state index contributed by atoms with van der Waals surface area (Å²) in [5.74, 6) is -4.60. The highest BCUT2D eigenvalue weighted by Crippen LogP contribution is 2.30. The summed E-state index contributed by atoms with van der Waals surface area (Å²) in [6, 6.07) is -1.82. The molecule has 230 valence electrons. The molecular weight excluding hydrogens is 524 g/mol. The smallest absolute Gasteiger partial charge is 0.290 e. The Labute approximate surface area is 219 Å². The standard InChI is InChI=1S/C10H19NO7.C8H17NO6.CH2O2.CH3.H2O/c1-5(14)11-7-6(3-12)18-10(16,4-13)9(17-2)8(7)15;1-14-7-6(12)5(9)4(2-10)15-8(7,13)3-11;2-1-3;;/h6-9,12-13,15-16H,3-4H2,1-2H3,(H,11,14);4-7,10-13H,2-3,9H2,1H3;1H,(H,2,3);1H3;1H2/q;;;-1;. The van der Waals surface area contributed by atoms with Gasteiger partial charge in [0, 0.05) is 21.1 Å². The van der Waals surface area contributed by atoms with Gasteiger partial charge in [-0.05, 0) is 0 Å². The Balaban J connectivity index is -0.000000563. The molecule has 2 heterocycles. The Bertz CT molecular complexity index is 663. The molecule has 38 heavy (non-hydrogen) atoms. The van der Waals surface area contributed by atoms with Crippen LogP contribution in [0.1, 0.15) is 6.92 Å². The quantitative estimate of drug-likeness (QED) is 0.100. The molecule has 0 aromatic carbocycles. The minimum absolute atomic E-state index is 0. The maximum Gasteiger partial charge on any atom is 0.290 e. The molecule has 0 aliphatic carbocycles. The van der Waals surface area contributed by atoms with Gasteiger partial charge in [0.2, 0.25) is 17.5 Å². The van der Waals surface area contributed by atoms with Crippen molar-refractivity contribution in [2.45, 2.75) is 67.2 Å². The van der Waals surface area contributed by atoms with E-state index in [0.29, 0.717) is 0 Å². The second kappa shape index (κ2) is 18.6. The average molecular weight is 568 g/mol. The Hall–Kier alpha value is -1.62. The van der Waals surface area contributed by atoms with Crippen molar-refractivity contribution in [1.29, 1.82) is 0 Å². The van der Waals surface area contributed by atoms with Gasteiger partial charge in [0.1, 0.15) is 36.6 Å². The van der Waals surface area contributed by atoms with Gasteiger partial charge in [-0.1, -0.05) is 0 Å². The Kier molecular flexibility index (Phi) is 20.0. The maximum atomic E-state index is 11.0. The van der Waals surface area contributed by atoms with Gasteiger partial charge in [-0.3, -0.25) is 9.59 Å². The molecule has 2 aliphatic heterocycles. The van der Waals surface area contributed by atoms with Gasteiger partial charge in [-0.25, -0.2) is 0 Å². The van der Waals surface area contributed by atoms with Crippen molar-refractivity contribution in [3.63, 3.8) is 0 Å². The van der Waals surface area contributed by atoms with E-state index >= 15 is 0 Å². The summed E-state index contributed by atoms with van der Waals surface area (Å²) in [7, 11) is 2.48. The van der Waals surface area contributed by atoms with Crippen LogP contribution in [-0.2, 0) is 28.5 Å². The van der Waals surface area contributed by atoms with Crippen LogP contribution in [0.25, 0.3) is 0 Å². The van der Waals surface area contributed by atoms with E-state index < -0.39 is 92.6 Å². The van der Waals surface area contributed by atoms with Gasteiger partial charge < -0.3 is 88.9 Å². The number of nitrogens with one attached hydrogen (secondary N) is 1. The lowest BCUT2D eigenvalue weighted by atomic mass is 9.90. The van der Waals surface area contributed by atoms with E-state index in [1.807, 2.05) is 0 Å². The largest absolute Gasteiger partial charge is 0.483 e. The molecule has 10 atom stereocenters. The summed E-state index contributed by atoms with van der Waals surface area (Å²) in [4.78, 5) is 19.4. The summed E-state index contributed by atoms with van der Waals surface area (Å²) in [5, 5.41) is 85.0. The molecule has 2 saturated heterocycles. The zero-order valence-electron chi connectivity index (χ0n) is 21.6. The number of nitrogens with two attached hydrogens (primary N) is 1. The summed E-state index contributed by atoms with van der Waals surface area (Å²) in [5.41, 5.74) is 5.57. The highest BCUT2D eigenvalue weighted by molar-refractivity contribution is 5.73. The number of hydrogen-bond acceptors (Lipinski definition) is 15. The van der Waals surface area contributed by atoms with Crippen molar-refractivity contribution < 1.29 is 80.0 Å². The highest BCUT2D eigenvalue weighted by atomic mass is 16.7. The molecule has 14 N–H and O–H groups in total. The van der Waals surface area contributed by atoms with Gasteiger partial charge in [-0.2, -0.15) is 0 Å². The fraction of sp³-hybridized carbons (Fsp3) is 0.850. The number of aliphatic hydroxyl groups excluding tert-OH is 6. The fourth-order valence-electron chi connectivity index (χ4n) is 3.80. The maximum absolute atomic E-state index is 11.0. The molecule has 0 aromatic heterocycles. The predicted octanol–water partition coefficient (Wildman–Crippen LogP) is -6.97. The summed E-state index contributed by atoms with van der Waals surface area (Å²) < 4.78 is 19.8. The Morgan fingerprint density at radius 1 is 0.947 bits per heavy atom. The predicted molar refractivity (Wildman–Crippen MR) is 126 cm³/mol. The molecule has 10 unspecified atom stereocenters. The lowest BCUT2D eigenvalue weighted by Gasteiger charge is -2.47. The van der Waals surface area contributed by atoms with E-state index in [4.69, 9.17) is 55.0 Å². The topological polar surface area (TPSA) is 323 Å². The van der Waals surface area contributed by atoms with Gasteiger partial charge in [0.15, 0.2) is 0 Å². The van der Waals surface area contributed by atoms with Crippen molar-refractivity contribution in [1.82, 2.24) is 5.32 Å². The van der Waals surface area contributed by atoms with E-state index in [0.717, 1.165) is 0 Å². The molecule has 2 aliphatic rings. The number of carbonyl (C=O) groups is 2. The van der Waals surface area contributed by atoms with Crippen LogP contribution in [0.3, 0.4) is 0 Å². The van der Waals surface area contributed by atoms with Gasteiger partial charge >= 0.3 is 0 Å². The number of methoxy groups -OCH3 is 2. The van der Waals surface area contributed by atoms with Crippen molar-refractivity contribution in [2.24, 2.45) is 5.73 Å². The first-order chi connectivity index (χ1) is 16.8. The zero-order valence-corrected chi connectivity index (χ0v) is 21.6. The van der Waals surface area contributed by atoms with Crippen LogP contribution in [-0.4, -0.2) is 165 Å². The Morgan fingerprint density at radius 2 is 1.32 bits per heavy atom. The number of carbonyl (C=O) groups excluding carboxylic acids is 1. The summed E-state index contributed by atoms with van der Waals surface area (Å²) in [6.45, 7) is -1.58.